The first kappa shape index (κ1) is 19.9. The van der Waals surface area contributed by atoms with E-state index in [2.05, 4.69) is 5.32 Å². The van der Waals surface area contributed by atoms with Gasteiger partial charge in [0.15, 0.2) is 0 Å². The first-order valence-corrected chi connectivity index (χ1v) is 8.84. The zero-order valence-electron chi connectivity index (χ0n) is 13.7. The largest absolute Gasteiger partial charge is 0.478 e. The molecular weight excluding hydrogens is 423 g/mol. The van der Waals surface area contributed by atoms with E-state index in [1.54, 1.807) is 0 Å². The van der Waals surface area contributed by atoms with Crippen molar-refractivity contribution < 1.29 is 23.5 Å². The summed E-state index contributed by atoms with van der Waals surface area (Å²) >= 11 is 18.2. The van der Waals surface area contributed by atoms with Crippen LogP contribution in [-0.2, 0) is 4.79 Å². The molecule has 2 N–H and O–H groups in total. The molecule has 4 nitrogen and oxygen atoms in total. The molecule has 1 amide bonds. The van der Waals surface area contributed by atoms with Gasteiger partial charge in [-0.1, -0.05) is 17.7 Å². The van der Waals surface area contributed by atoms with Gasteiger partial charge in [-0.05, 0) is 42.3 Å². The van der Waals surface area contributed by atoms with Crippen molar-refractivity contribution in [3.05, 3.63) is 63.7 Å². The van der Waals surface area contributed by atoms with Crippen LogP contribution in [0.4, 0.5) is 14.5 Å². The number of carbonyl (C=O) groups is 2. The highest BCUT2D eigenvalue weighted by Crippen LogP contribution is 2.65. The van der Waals surface area contributed by atoms with Gasteiger partial charge in [0.1, 0.15) is 16.0 Å². The molecule has 0 spiro atoms. The SMILES string of the molecule is Cc1c(F)cc(NC(=O)C2C(c3ccc(F)c(Cl)c3)C2(Cl)Cl)cc1C(=O)O. The number of rotatable bonds is 4. The van der Waals surface area contributed by atoms with Crippen LogP contribution in [-0.4, -0.2) is 21.3 Å². The molecule has 0 saturated heterocycles. The van der Waals surface area contributed by atoms with Gasteiger partial charge in [0, 0.05) is 11.6 Å². The standard InChI is InChI=1S/C18H12Cl3F2NO3/c1-7-10(17(26)27)5-9(6-13(7)23)24-16(25)15-14(18(15,20)21)8-2-3-12(22)11(19)4-8/h2-6,14-15H,1H3,(H,24,25)(H,26,27). The number of amides is 1. The number of carboxylic acids is 1. The van der Waals surface area contributed by atoms with Crippen molar-refractivity contribution in [1.82, 2.24) is 0 Å². The highest BCUT2D eigenvalue weighted by molar-refractivity contribution is 6.53. The second-order valence-electron chi connectivity index (χ2n) is 6.23. The maximum atomic E-state index is 13.9. The van der Waals surface area contributed by atoms with E-state index in [1.807, 2.05) is 0 Å². The molecule has 0 heterocycles. The monoisotopic (exact) mass is 433 g/mol. The highest BCUT2D eigenvalue weighted by Gasteiger charge is 2.67. The molecule has 2 unspecified atom stereocenters. The first-order chi connectivity index (χ1) is 12.5. The molecule has 142 valence electrons. The van der Waals surface area contributed by atoms with E-state index in [9.17, 15) is 18.4 Å². The van der Waals surface area contributed by atoms with E-state index in [4.69, 9.17) is 39.9 Å². The molecule has 1 aliphatic rings. The normalized spacial score (nSPS) is 20.2. The van der Waals surface area contributed by atoms with Crippen LogP contribution in [0.3, 0.4) is 0 Å². The minimum Gasteiger partial charge on any atom is -0.478 e. The third-order valence-corrected chi connectivity index (χ3v) is 5.71. The summed E-state index contributed by atoms with van der Waals surface area (Å²) < 4.78 is 25.8. The Kier molecular flexibility index (Phi) is 5.10. The van der Waals surface area contributed by atoms with Gasteiger partial charge in [0.2, 0.25) is 5.91 Å². The number of alkyl halides is 2. The molecule has 27 heavy (non-hydrogen) atoms. The highest BCUT2D eigenvalue weighted by atomic mass is 35.5. The van der Waals surface area contributed by atoms with E-state index >= 15 is 0 Å². The van der Waals surface area contributed by atoms with E-state index in [-0.39, 0.29) is 21.8 Å². The van der Waals surface area contributed by atoms with E-state index in [0.29, 0.717) is 5.56 Å². The minimum absolute atomic E-state index is 0.0348. The lowest BCUT2D eigenvalue weighted by Crippen LogP contribution is -2.18. The van der Waals surface area contributed by atoms with Crippen LogP contribution in [0.25, 0.3) is 0 Å². The molecule has 1 aliphatic carbocycles. The Labute approximate surface area is 168 Å². The van der Waals surface area contributed by atoms with Crippen molar-refractivity contribution in [3.63, 3.8) is 0 Å². The van der Waals surface area contributed by atoms with Gasteiger partial charge in [-0.3, -0.25) is 4.79 Å². The van der Waals surface area contributed by atoms with E-state index in [0.717, 1.165) is 18.2 Å². The zero-order valence-corrected chi connectivity index (χ0v) is 16.0. The molecule has 2 aromatic carbocycles. The number of benzene rings is 2. The number of nitrogens with one attached hydrogen (secondary N) is 1. The number of carboxylic acid groups (broad SMARTS) is 1. The lowest BCUT2D eigenvalue weighted by atomic mass is 10.1. The summed E-state index contributed by atoms with van der Waals surface area (Å²) in [5.41, 5.74) is 0.126. The molecule has 1 fully saturated rings. The molecule has 3 rings (SSSR count). The van der Waals surface area contributed by atoms with E-state index < -0.39 is 39.7 Å². The smallest absolute Gasteiger partial charge is 0.336 e. The Morgan fingerprint density at radius 3 is 2.41 bits per heavy atom. The minimum atomic E-state index is -1.45. The van der Waals surface area contributed by atoms with Crippen LogP contribution in [0, 0.1) is 24.5 Å². The summed E-state index contributed by atoms with van der Waals surface area (Å²) in [6.07, 6.45) is 0. The van der Waals surface area contributed by atoms with Gasteiger partial charge in [-0.25, -0.2) is 13.6 Å². The van der Waals surface area contributed by atoms with Gasteiger partial charge in [0.25, 0.3) is 0 Å². The molecule has 2 aromatic rings. The summed E-state index contributed by atoms with van der Waals surface area (Å²) in [6, 6.07) is 6.06. The molecule has 2 atom stereocenters. The summed E-state index contributed by atoms with van der Waals surface area (Å²) in [4.78, 5) is 23.7. The first-order valence-electron chi connectivity index (χ1n) is 7.71. The number of aromatic carboxylic acids is 1. The van der Waals surface area contributed by atoms with Crippen LogP contribution in [0.2, 0.25) is 5.02 Å². The lowest BCUT2D eigenvalue weighted by Gasteiger charge is -2.09. The van der Waals surface area contributed by atoms with Gasteiger partial charge >= 0.3 is 5.97 Å². The van der Waals surface area contributed by atoms with Crippen LogP contribution in [0.15, 0.2) is 30.3 Å². The van der Waals surface area contributed by atoms with Crippen molar-refractivity contribution in [1.29, 1.82) is 0 Å². The second kappa shape index (κ2) is 6.93. The molecule has 0 aliphatic heterocycles. The molecule has 0 aromatic heterocycles. The van der Waals surface area contributed by atoms with Crippen molar-refractivity contribution in [3.8, 4) is 0 Å². The van der Waals surface area contributed by atoms with Crippen molar-refractivity contribution in [2.45, 2.75) is 17.2 Å². The lowest BCUT2D eigenvalue weighted by molar-refractivity contribution is -0.117. The average Bonchev–Trinajstić information content (AvgIpc) is 3.15. The van der Waals surface area contributed by atoms with Gasteiger partial charge < -0.3 is 10.4 Å². The number of hydrogen-bond acceptors (Lipinski definition) is 2. The summed E-state index contributed by atoms with van der Waals surface area (Å²) in [5, 5.41) is 11.4. The predicted molar refractivity (Wildman–Crippen MR) is 98.8 cm³/mol. The van der Waals surface area contributed by atoms with Crippen molar-refractivity contribution >= 4 is 52.4 Å². The molecule has 1 saturated carbocycles. The number of anilines is 1. The molecule has 0 bridgehead atoms. The Balaban J connectivity index is 1.84. The van der Waals surface area contributed by atoms with Gasteiger partial charge in [0.05, 0.1) is 16.5 Å². The second-order valence-corrected chi connectivity index (χ2v) is 8.08. The predicted octanol–water partition coefficient (Wildman–Crippen LogP) is 5.15. The summed E-state index contributed by atoms with van der Waals surface area (Å²) in [5.74, 6) is -4.88. The van der Waals surface area contributed by atoms with Crippen LogP contribution >= 0.6 is 34.8 Å². The van der Waals surface area contributed by atoms with Crippen LogP contribution in [0.5, 0.6) is 0 Å². The quantitative estimate of drug-likeness (QED) is 0.654. The fourth-order valence-electron chi connectivity index (χ4n) is 2.97. The Morgan fingerprint density at radius 1 is 1.15 bits per heavy atom. The Hall–Kier alpha value is -1.89. The summed E-state index contributed by atoms with van der Waals surface area (Å²) in [6.45, 7) is 1.32. The third-order valence-electron chi connectivity index (χ3n) is 4.48. The summed E-state index contributed by atoms with van der Waals surface area (Å²) in [7, 11) is 0. The fraction of sp³-hybridized carbons (Fsp3) is 0.222. The fourth-order valence-corrected chi connectivity index (χ4v) is 3.98. The maximum absolute atomic E-state index is 13.9. The number of hydrogen-bond donors (Lipinski definition) is 2. The van der Waals surface area contributed by atoms with Crippen molar-refractivity contribution in [2.75, 3.05) is 5.32 Å². The third kappa shape index (κ3) is 3.61. The molecule has 9 heteroatoms. The van der Waals surface area contributed by atoms with E-state index in [1.165, 1.54) is 19.1 Å². The Bertz CT molecular complexity index is 965. The van der Waals surface area contributed by atoms with Gasteiger partial charge in [-0.15, -0.1) is 23.2 Å². The maximum Gasteiger partial charge on any atom is 0.336 e. The van der Waals surface area contributed by atoms with Crippen LogP contribution in [0.1, 0.15) is 27.4 Å². The molecule has 0 radical (unpaired) electrons. The number of halogens is 5. The van der Waals surface area contributed by atoms with Crippen molar-refractivity contribution in [2.24, 2.45) is 5.92 Å². The van der Waals surface area contributed by atoms with Gasteiger partial charge in [-0.2, -0.15) is 0 Å². The Morgan fingerprint density at radius 2 is 1.81 bits per heavy atom. The van der Waals surface area contributed by atoms with Crippen LogP contribution < -0.4 is 5.32 Å². The zero-order chi connectivity index (χ0) is 20.1. The average molecular weight is 435 g/mol. The number of carbonyl (C=O) groups excluding carboxylic acids is 1. The topological polar surface area (TPSA) is 66.4 Å². The molecular formula is C18H12Cl3F2NO3.